The van der Waals surface area contributed by atoms with Crippen molar-refractivity contribution in [2.24, 2.45) is 0 Å². The summed E-state index contributed by atoms with van der Waals surface area (Å²) in [6.07, 6.45) is 1.06. The summed E-state index contributed by atoms with van der Waals surface area (Å²) >= 11 is 6.40. The first-order valence-electron chi connectivity index (χ1n) is 4.43. The molecule has 0 unspecified atom stereocenters. The second kappa shape index (κ2) is 3.35. The standard InChI is InChI=1S/C11H12S2/c1-3-8-4-5-10-9(11(8)12)6-7(2)13-10/h4-6,12H,3H2,1-2H3. The highest BCUT2D eigenvalue weighted by atomic mass is 32.1. The third-order valence-corrected chi connectivity index (χ3v) is 3.80. The molecule has 0 bridgehead atoms. The first kappa shape index (κ1) is 9.10. The molecule has 0 atom stereocenters. The third kappa shape index (κ3) is 1.49. The molecule has 0 saturated heterocycles. The normalized spacial score (nSPS) is 11.0. The molecule has 68 valence electrons. The van der Waals surface area contributed by atoms with Crippen molar-refractivity contribution in [2.75, 3.05) is 0 Å². The van der Waals surface area contributed by atoms with Crippen LogP contribution in [0.1, 0.15) is 17.4 Å². The Labute approximate surface area is 88.0 Å². The number of thiol groups is 1. The lowest BCUT2D eigenvalue weighted by molar-refractivity contribution is 1.10. The van der Waals surface area contributed by atoms with Crippen LogP contribution in [-0.2, 0) is 6.42 Å². The Morgan fingerprint density at radius 1 is 1.38 bits per heavy atom. The van der Waals surface area contributed by atoms with Crippen molar-refractivity contribution in [1.29, 1.82) is 0 Å². The van der Waals surface area contributed by atoms with Gasteiger partial charge in [0.25, 0.3) is 0 Å². The Morgan fingerprint density at radius 3 is 2.85 bits per heavy atom. The van der Waals surface area contributed by atoms with E-state index in [9.17, 15) is 0 Å². The quantitative estimate of drug-likeness (QED) is 0.671. The molecule has 0 aliphatic heterocycles. The maximum Gasteiger partial charge on any atom is 0.0356 e. The molecule has 1 heterocycles. The molecule has 0 fully saturated rings. The molecule has 0 amide bonds. The van der Waals surface area contributed by atoms with Crippen LogP contribution in [0.25, 0.3) is 10.1 Å². The maximum atomic E-state index is 4.56. The lowest BCUT2D eigenvalue weighted by Crippen LogP contribution is -1.81. The van der Waals surface area contributed by atoms with Crippen molar-refractivity contribution < 1.29 is 0 Å². The first-order chi connectivity index (χ1) is 6.22. The van der Waals surface area contributed by atoms with Crippen molar-refractivity contribution in [1.82, 2.24) is 0 Å². The van der Waals surface area contributed by atoms with E-state index >= 15 is 0 Å². The van der Waals surface area contributed by atoms with E-state index in [1.165, 1.54) is 20.5 Å². The highest BCUT2D eigenvalue weighted by Gasteiger charge is 2.04. The average Bonchev–Trinajstić information content (AvgIpc) is 2.47. The number of benzene rings is 1. The van der Waals surface area contributed by atoms with E-state index in [4.69, 9.17) is 0 Å². The van der Waals surface area contributed by atoms with Crippen LogP contribution in [0.5, 0.6) is 0 Å². The van der Waals surface area contributed by atoms with Crippen LogP contribution in [0, 0.1) is 6.92 Å². The van der Waals surface area contributed by atoms with Gasteiger partial charge in [0.15, 0.2) is 0 Å². The van der Waals surface area contributed by atoms with Gasteiger partial charge in [-0.25, -0.2) is 0 Å². The number of hydrogen-bond donors (Lipinski definition) is 1. The minimum atomic E-state index is 1.06. The third-order valence-electron chi connectivity index (χ3n) is 2.26. The molecule has 0 spiro atoms. The SMILES string of the molecule is CCc1ccc2sc(C)cc2c1S. The summed E-state index contributed by atoms with van der Waals surface area (Å²) in [6.45, 7) is 4.31. The lowest BCUT2D eigenvalue weighted by Gasteiger charge is -2.01. The van der Waals surface area contributed by atoms with E-state index in [0.29, 0.717) is 0 Å². The fourth-order valence-electron chi connectivity index (χ4n) is 1.55. The van der Waals surface area contributed by atoms with Crippen molar-refractivity contribution in [3.8, 4) is 0 Å². The Hall–Kier alpha value is -0.470. The molecule has 2 heteroatoms. The van der Waals surface area contributed by atoms with E-state index in [1.54, 1.807) is 0 Å². The molecule has 0 nitrogen and oxygen atoms in total. The minimum Gasteiger partial charge on any atom is -0.142 e. The van der Waals surface area contributed by atoms with E-state index in [-0.39, 0.29) is 0 Å². The number of fused-ring (bicyclic) bond motifs is 1. The van der Waals surface area contributed by atoms with Gasteiger partial charge in [-0.15, -0.1) is 24.0 Å². The summed E-state index contributed by atoms with van der Waals surface area (Å²) < 4.78 is 1.35. The molecular weight excluding hydrogens is 196 g/mol. The number of aryl methyl sites for hydroxylation is 2. The molecular formula is C11H12S2. The van der Waals surface area contributed by atoms with Gasteiger partial charge in [-0.1, -0.05) is 13.0 Å². The summed E-state index contributed by atoms with van der Waals surface area (Å²) in [4.78, 5) is 2.52. The van der Waals surface area contributed by atoms with Gasteiger partial charge in [0, 0.05) is 19.9 Å². The molecule has 0 aliphatic carbocycles. The van der Waals surface area contributed by atoms with Gasteiger partial charge in [-0.2, -0.15) is 0 Å². The number of thiophene rings is 1. The Morgan fingerprint density at radius 2 is 2.15 bits per heavy atom. The monoisotopic (exact) mass is 208 g/mol. The van der Waals surface area contributed by atoms with Crippen molar-refractivity contribution in [2.45, 2.75) is 25.2 Å². The maximum absolute atomic E-state index is 4.56. The predicted octanol–water partition coefficient (Wildman–Crippen LogP) is 4.06. The van der Waals surface area contributed by atoms with E-state index in [0.717, 1.165) is 11.3 Å². The summed E-state index contributed by atoms with van der Waals surface area (Å²) in [5.41, 5.74) is 1.34. The van der Waals surface area contributed by atoms with Gasteiger partial charge in [-0.3, -0.25) is 0 Å². The average molecular weight is 208 g/mol. The van der Waals surface area contributed by atoms with Crippen LogP contribution in [-0.4, -0.2) is 0 Å². The van der Waals surface area contributed by atoms with E-state index < -0.39 is 0 Å². The second-order valence-electron chi connectivity index (χ2n) is 3.20. The Balaban J connectivity index is 2.78. The van der Waals surface area contributed by atoms with E-state index in [2.05, 4.69) is 44.7 Å². The lowest BCUT2D eigenvalue weighted by atomic mass is 10.1. The molecule has 0 radical (unpaired) electrons. The van der Waals surface area contributed by atoms with Gasteiger partial charge >= 0.3 is 0 Å². The summed E-state index contributed by atoms with van der Waals surface area (Å²) in [5, 5.41) is 1.31. The number of rotatable bonds is 1. The summed E-state index contributed by atoms with van der Waals surface area (Å²) in [7, 11) is 0. The molecule has 0 N–H and O–H groups in total. The highest BCUT2D eigenvalue weighted by molar-refractivity contribution is 7.80. The topological polar surface area (TPSA) is 0 Å². The second-order valence-corrected chi connectivity index (χ2v) is 4.93. The fourth-order valence-corrected chi connectivity index (χ4v) is 2.98. The first-order valence-corrected chi connectivity index (χ1v) is 5.69. The van der Waals surface area contributed by atoms with Crippen LogP contribution < -0.4 is 0 Å². The van der Waals surface area contributed by atoms with Crippen LogP contribution in [0.4, 0.5) is 0 Å². The smallest absolute Gasteiger partial charge is 0.0356 e. The van der Waals surface area contributed by atoms with Crippen molar-refractivity contribution in [3.05, 3.63) is 28.6 Å². The zero-order chi connectivity index (χ0) is 9.42. The highest BCUT2D eigenvalue weighted by Crippen LogP contribution is 2.32. The molecule has 13 heavy (non-hydrogen) atoms. The van der Waals surface area contributed by atoms with Gasteiger partial charge < -0.3 is 0 Å². The zero-order valence-corrected chi connectivity index (χ0v) is 9.51. The molecule has 2 aromatic rings. The van der Waals surface area contributed by atoms with Crippen molar-refractivity contribution >= 4 is 34.1 Å². The predicted molar refractivity (Wildman–Crippen MR) is 63.2 cm³/mol. The molecule has 2 rings (SSSR count). The molecule has 1 aromatic heterocycles. The molecule has 0 saturated carbocycles. The largest absolute Gasteiger partial charge is 0.142 e. The van der Waals surface area contributed by atoms with Crippen LogP contribution >= 0.6 is 24.0 Å². The van der Waals surface area contributed by atoms with Crippen LogP contribution in [0.2, 0.25) is 0 Å². The van der Waals surface area contributed by atoms with Crippen molar-refractivity contribution in [3.63, 3.8) is 0 Å². The van der Waals surface area contributed by atoms with Gasteiger partial charge in [-0.05, 0) is 31.0 Å². The Bertz CT molecular complexity index is 441. The Kier molecular flexibility index (Phi) is 2.35. The number of hydrogen-bond acceptors (Lipinski definition) is 2. The van der Waals surface area contributed by atoms with Gasteiger partial charge in [0.2, 0.25) is 0 Å². The van der Waals surface area contributed by atoms with Gasteiger partial charge in [0.05, 0.1) is 0 Å². The summed E-state index contributed by atoms with van der Waals surface area (Å²) in [6, 6.07) is 6.60. The van der Waals surface area contributed by atoms with E-state index in [1.807, 2.05) is 11.3 Å². The van der Waals surface area contributed by atoms with Crippen LogP contribution in [0.15, 0.2) is 23.1 Å². The minimum absolute atomic E-state index is 1.06. The molecule has 0 aliphatic rings. The summed E-state index contributed by atoms with van der Waals surface area (Å²) in [5.74, 6) is 0. The van der Waals surface area contributed by atoms with Crippen LogP contribution in [0.3, 0.4) is 0 Å². The fraction of sp³-hybridized carbons (Fsp3) is 0.273. The zero-order valence-electron chi connectivity index (χ0n) is 7.79. The molecule has 1 aromatic carbocycles. The van der Waals surface area contributed by atoms with Gasteiger partial charge in [0.1, 0.15) is 0 Å².